The number of nitrogens with one attached hydrogen (secondary N) is 2. The van der Waals surface area contributed by atoms with Crippen molar-refractivity contribution in [2.24, 2.45) is 5.73 Å². The molecule has 0 amide bonds. The maximum absolute atomic E-state index is 12.1. The highest BCUT2D eigenvalue weighted by atomic mass is 35.5. The molecule has 0 saturated carbocycles. The van der Waals surface area contributed by atoms with Gasteiger partial charge in [-0.3, -0.25) is 5.10 Å². The van der Waals surface area contributed by atoms with Gasteiger partial charge in [0.1, 0.15) is 12.2 Å². The summed E-state index contributed by atoms with van der Waals surface area (Å²) in [5.74, 6) is 0.728. The van der Waals surface area contributed by atoms with Crippen LogP contribution in [0.3, 0.4) is 0 Å². The Kier molecular flexibility index (Phi) is 5.29. The highest BCUT2D eigenvalue weighted by Crippen LogP contribution is 2.19. The number of nitrogens with two attached hydrogens (primary N) is 1. The number of rotatable bonds is 7. The summed E-state index contributed by atoms with van der Waals surface area (Å²) in [5, 5.41) is 6.91. The van der Waals surface area contributed by atoms with Crippen molar-refractivity contribution in [2.75, 3.05) is 6.54 Å². The fraction of sp³-hybridized carbons (Fsp3) is 0.333. The van der Waals surface area contributed by atoms with Gasteiger partial charge in [0.2, 0.25) is 10.0 Å². The highest BCUT2D eigenvalue weighted by Gasteiger charge is 2.14. The van der Waals surface area contributed by atoms with Gasteiger partial charge in [-0.15, -0.1) is 0 Å². The first kappa shape index (κ1) is 15.9. The summed E-state index contributed by atoms with van der Waals surface area (Å²) in [6.07, 6.45) is 2.66. The van der Waals surface area contributed by atoms with E-state index in [1.807, 2.05) is 0 Å². The Morgan fingerprint density at radius 1 is 1.38 bits per heavy atom. The second kappa shape index (κ2) is 6.99. The minimum Gasteiger partial charge on any atom is -0.326 e. The van der Waals surface area contributed by atoms with Crippen LogP contribution in [-0.2, 0) is 23.0 Å². The molecule has 0 radical (unpaired) electrons. The van der Waals surface area contributed by atoms with Gasteiger partial charge >= 0.3 is 0 Å². The van der Waals surface area contributed by atoms with E-state index in [0.717, 1.165) is 5.82 Å². The first-order chi connectivity index (χ1) is 10.0. The summed E-state index contributed by atoms with van der Waals surface area (Å²) in [6, 6.07) is 4.48. The summed E-state index contributed by atoms with van der Waals surface area (Å²) in [4.78, 5) is 4.13. The third-order valence-electron chi connectivity index (χ3n) is 2.89. The maximum Gasteiger partial charge on any atom is 0.240 e. The molecule has 0 aliphatic carbocycles. The minimum absolute atomic E-state index is 0.159. The fourth-order valence-electron chi connectivity index (χ4n) is 1.77. The van der Waals surface area contributed by atoms with Gasteiger partial charge < -0.3 is 5.73 Å². The SMILES string of the molecule is NCc1cc(S(=O)(=O)NCCCc2ncn[nH]2)ccc1Cl. The average molecular weight is 330 g/mol. The second-order valence-electron chi connectivity index (χ2n) is 4.39. The normalized spacial score (nSPS) is 11.7. The Labute approximate surface area is 128 Å². The van der Waals surface area contributed by atoms with E-state index in [1.165, 1.54) is 24.5 Å². The van der Waals surface area contributed by atoms with Crippen molar-refractivity contribution in [3.8, 4) is 0 Å². The van der Waals surface area contributed by atoms with Crippen molar-refractivity contribution in [3.63, 3.8) is 0 Å². The quantitative estimate of drug-likeness (QED) is 0.651. The number of H-pyrrole nitrogens is 1. The van der Waals surface area contributed by atoms with E-state index in [4.69, 9.17) is 17.3 Å². The first-order valence-electron chi connectivity index (χ1n) is 6.35. The smallest absolute Gasteiger partial charge is 0.240 e. The molecule has 0 saturated heterocycles. The lowest BCUT2D eigenvalue weighted by atomic mass is 10.2. The Morgan fingerprint density at radius 2 is 2.19 bits per heavy atom. The standard InChI is InChI=1S/C12H16ClN5O2S/c13-11-4-3-10(6-9(11)7-14)21(19,20)17-5-1-2-12-15-8-16-18-12/h3-4,6,8,17H,1-2,5,7,14H2,(H,15,16,18). The molecule has 9 heteroatoms. The number of hydrogen-bond acceptors (Lipinski definition) is 5. The summed E-state index contributed by atoms with van der Waals surface area (Å²) < 4.78 is 26.8. The Hall–Kier alpha value is -1.48. The van der Waals surface area contributed by atoms with E-state index in [1.54, 1.807) is 0 Å². The Bertz CT molecular complexity index is 688. The van der Waals surface area contributed by atoms with Crippen LogP contribution in [0.25, 0.3) is 0 Å². The van der Waals surface area contributed by atoms with E-state index >= 15 is 0 Å². The molecule has 7 nitrogen and oxygen atoms in total. The van der Waals surface area contributed by atoms with Gasteiger partial charge in [-0.25, -0.2) is 18.1 Å². The topological polar surface area (TPSA) is 114 Å². The summed E-state index contributed by atoms with van der Waals surface area (Å²) in [7, 11) is -3.56. The monoisotopic (exact) mass is 329 g/mol. The molecule has 2 rings (SSSR count). The number of aromatic nitrogens is 3. The number of aromatic amines is 1. The van der Waals surface area contributed by atoms with Crippen molar-refractivity contribution in [2.45, 2.75) is 24.3 Å². The third kappa shape index (κ3) is 4.24. The summed E-state index contributed by atoms with van der Waals surface area (Å²) in [6.45, 7) is 0.497. The largest absolute Gasteiger partial charge is 0.326 e. The van der Waals surface area contributed by atoms with Crippen LogP contribution < -0.4 is 10.5 Å². The molecule has 4 N–H and O–H groups in total. The van der Waals surface area contributed by atoms with Gasteiger partial charge in [0, 0.05) is 24.5 Å². The van der Waals surface area contributed by atoms with E-state index in [-0.39, 0.29) is 11.4 Å². The zero-order chi connectivity index (χ0) is 15.3. The molecule has 1 heterocycles. The fourth-order valence-corrected chi connectivity index (χ4v) is 3.09. The molecule has 114 valence electrons. The lowest BCUT2D eigenvalue weighted by Gasteiger charge is -2.08. The van der Waals surface area contributed by atoms with Crippen LogP contribution in [0, 0.1) is 0 Å². The molecule has 0 aliphatic heterocycles. The molecule has 0 spiro atoms. The zero-order valence-corrected chi connectivity index (χ0v) is 12.8. The Balaban J connectivity index is 1.95. The highest BCUT2D eigenvalue weighted by molar-refractivity contribution is 7.89. The van der Waals surface area contributed by atoms with Gasteiger partial charge in [0.05, 0.1) is 4.90 Å². The number of hydrogen-bond donors (Lipinski definition) is 3. The summed E-state index contributed by atoms with van der Waals surface area (Å²) >= 11 is 5.92. The van der Waals surface area contributed by atoms with E-state index in [9.17, 15) is 8.42 Å². The molecule has 1 aromatic carbocycles. The van der Waals surface area contributed by atoms with Gasteiger partial charge in [0.15, 0.2) is 0 Å². The predicted octanol–water partition coefficient (Wildman–Crippen LogP) is 0.828. The predicted molar refractivity (Wildman–Crippen MR) is 79.2 cm³/mol. The molecule has 0 bridgehead atoms. The minimum atomic E-state index is -3.56. The lowest BCUT2D eigenvalue weighted by Crippen LogP contribution is -2.25. The van der Waals surface area contributed by atoms with E-state index in [0.29, 0.717) is 30.0 Å². The van der Waals surface area contributed by atoms with E-state index in [2.05, 4.69) is 19.9 Å². The molecular formula is C12H16ClN5O2S. The average Bonchev–Trinajstić information content (AvgIpc) is 2.97. The van der Waals surface area contributed by atoms with Crippen LogP contribution in [0.1, 0.15) is 17.8 Å². The number of nitrogens with zero attached hydrogens (tertiary/aromatic N) is 2. The van der Waals surface area contributed by atoms with Crippen LogP contribution in [0.4, 0.5) is 0 Å². The van der Waals surface area contributed by atoms with Crippen molar-refractivity contribution >= 4 is 21.6 Å². The molecule has 0 unspecified atom stereocenters. The third-order valence-corrected chi connectivity index (χ3v) is 4.72. The molecule has 0 aliphatic rings. The summed E-state index contributed by atoms with van der Waals surface area (Å²) in [5.41, 5.74) is 6.12. The van der Waals surface area contributed by atoms with E-state index < -0.39 is 10.0 Å². The van der Waals surface area contributed by atoms with Crippen molar-refractivity contribution < 1.29 is 8.42 Å². The van der Waals surface area contributed by atoms with Gasteiger partial charge in [-0.1, -0.05) is 11.6 Å². The number of benzene rings is 1. The van der Waals surface area contributed by atoms with Gasteiger partial charge in [-0.2, -0.15) is 5.10 Å². The second-order valence-corrected chi connectivity index (χ2v) is 6.56. The maximum atomic E-state index is 12.1. The zero-order valence-electron chi connectivity index (χ0n) is 11.2. The van der Waals surface area contributed by atoms with Gasteiger partial charge in [0.25, 0.3) is 0 Å². The van der Waals surface area contributed by atoms with Crippen LogP contribution in [-0.4, -0.2) is 30.1 Å². The number of sulfonamides is 1. The number of aryl methyl sites for hydroxylation is 1. The van der Waals surface area contributed by atoms with Crippen LogP contribution in [0.15, 0.2) is 29.4 Å². The molecule has 0 fully saturated rings. The molecule has 2 aromatic rings. The molecule has 1 aromatic heterocycles. The van der Waals surface area contributed by atoms with Crippen LogP contribution in [0.2, 0.25) is 5.02 Å². The van der Waals surface area contributed by atoms with Crippen molar-refractivity contribution in [3.05, 3.63) is 40.9 Å². The van der Waals surface area contributed by atoms with Crippen LogP contribution >= 0.6 is 11.6 Å². The van der Waals surface area contributed by atoms with Crippen LogP contribution in [0.5, 0.6) is 0 Å². The first-order valence-corrected chi connectivity index (χ1v) is 8.21. The van der Waals surface area contributed by atoms with Crippen molar-refractivity contribution in [1.29, 1.82) is 0 Å². The molecule has 0 atom stereocenters. The molecular weight excluding hydrogens is 314 g/mol. The van der Waals surface area contributed by atoms with Gasteiger partial charge in [-0.05, 0) is 30.2 Å². The molecule has 21 heavy (non-hydrogen) atoms. The lowest BCUT2D eigenvalue weighted by molar-refractivity contribution is 0.578. The van der Waals surface area contributed by atoms with Crippen molar-refractivity contribution in [1.82, 2.24) is 19.9 Å². The Morgan fingerprint density at radius 3 is 2.86 bits per heavy atom. The number of halogens is 1.